The number of hydrogen-bond acceptors (Lipinski definition) is 0. The number of benzene rings is 2. The Morgan fingerprint density at radius 1 is 0.905 bits per heavy atom. The Balaban J connectivity index is 2.42. The molecule has 0 radical (unpaired) electrons. The molecule has 112 valence electrons. The molecule has 2 rings (SSSR count). The molecule has 2 aromatic rings. The third-order valence-electron chi connectivity index (χ3n) is 3.05. The minimum absolute atomic E-state index is 0.0973. The van der Waals surface area contributed by atoms with Crippen molar-refractivity contribution in [3.05, 3.63) is 70.0 Å². The first kappa shape index (κ1) is 15.9. The fourth-order valence-electron chi connectivity index (χ4n) is 2.05. The topological polar surface area (TPSA) is 0 Å². The van der Waals surface area contributed by atoms with Gasteiger partial charge in [0.25, 0.3) is 0 Å². The van der Waals surface area contributed by atoms with E-state index in [4.69, 9.17) is 0 Å². The van der Waals surface area contributed by atoms with Crippen molar-refractivity contribution in [3.8, 4) is 0 Å². The van der Waals surface area contributed by atoms with Crippen molar-refractivity contribution in [1.29, 1.82) is 0 Å². The Hall–Kier alpha value is -1.43. The van der Waals surface area contributed by atoms with Crippen LogP contribution in [0.5, 0.6) is 0 Å². The molecule has 1 unspecified atom stereocenters. The second-order valence-corrected chi connectivity index (χ2v) is 5.75. The monoisotopic (exact) mass is 364 g/mol. The van der Waals surface area contributed by atoms with Gasteiger partial charge in [0.15, 0.2) is 23.3 Å². The quantitative estimate of drug-likeness (QED) is 0.297. The Morgan fingerprint density at radius 2 is 1.43 bits per heavy atom. The summed E-state index contributed by atoms with van der Waals surface area (Å²) in [6.07, 6.45) is 0.0973. The second kappa shape index (κ2) is 6.13. The lowest BCUT2D eigenvalue weighted by Crippen LogP contribution is -2.10. The fraction of sp³-hybridized carbons (Fsp3) is 0.200. The van der Waals surface area contributed by atoms with E-state index in [1.54, 1.807) is 18.2 Å². The molecular formula is C15H10BrF5. The lowest BCUT2D eigenvalue weighted by Gasteiger charge is -2.14. The lowest BCUT2D eigenvalue weighted by molar-refractivity contribution is 0.369. The third kappa shape index (κ3) is 3.10. The molecule has 0 spiro atoms. The fourth-order valence-corrected chi connectivity index (χ4v) is 2.82. The number of hydrogen-bond donors (Lipinski definition) is 0. The molecule has 0 aliphatic heterocycles. The second-order valence-electron chi connectivity index (χ2n) is 4.64. The highest BCUT2D eigenvalue weighted by Gasteiger charge is 2.29. The maximum Gasteiger partial charge on any atom is 0.200 e. The summed E-state index contributed by atoms with van der Waals surface area (Å²) in [5, 5.41) is 0. The van der Waals surface area contributed by atoms with E-state index in [0.717, 1.165) is 11.1 Å². The third-order valence-corrected chi connectivity index (χ3v) is 3.84. The molecule has 0 aliphatic carbocycles. The Labute approximate surface area is 126 Å². The molecule has 0 saturated heterocycles. The zero-order chi connectivity index (χ0) is 15.7. The average Bonchev–Trinajstić information content (AvgIpc) is 2.43. The van der Waals surface area contributed by atoms with Crippen LogP contribution in [-0.2, 0) is 6.42 Å². The van der Waals surface area contributed by atoms with Crippen LogP contribution in [0.25, 0.3) is 0 Å². The van der Waals surface area contributed by atoms with Crippen LogP contribution in [0.15, 0.2) is 24.3 Å². The van der Waals surface area contributed by atoms with Gasteiger partial charge < -0.3 is 0 Å². The highest BCUT2D eigenvalue weighted by Crippen LogP contribution is 2.34. The summed E-state index contributed by atoms with van der Waals surface area (Å²) in [5.41, 5.74) is 0.804. The van der Waals surface area contributed by atoms with Crippen LogP contribution in [0.1, 0.15) is 21.5 Å². The zero-order valence-electron chi connectivity index (χ0n) is 10.9. The molecule has 2 aromatic carbocycles. The average molecular weight is 365 g/mol. The minimum Gasteiger partial charge on any atom is -0.203 e. The van der Waals surface area contributed by atoms with Crippen molar-refractivity contribution in [2.45, 2.75) is 18.2 Å². The van der Waals surface area contributed by atoms with Crippen LogP contribution in [0.2, 0.25) is 0 Å². The normalized spacial score (nSPS) is 12.5. The highest BCUT2D eigenvalue weighted by molar-refractivity contribution is 9.09. The molecule has 0 aliphatic rings. The number of alkyl halides is 1. The van der Waals surface area contributed by atoms with E-state index in [2.05, 4.69) is 15.9 Å². The highest BCUT2D eigenvalue weighted by atomic mass is 79.9. The van der Waals surface area contributed by atoms with Crippen molar-refractivity contribution in [2.24, 2.45) is 0 Å². The first-order valence-corrected chi connectivity index (χ1v) is 6.95. The molecule has 21 heavy (non-hydrogen) atoms. The largest absolute Gasteiger partial charge is 0.203 e. The standard InChI is InChI=1S/C15H10BrF5/c1-7-3-2-4-8(5-7)6-9(16)10-11(17)13(19)15(21)14(20)12(10)18/h2-5,9H,6H2,1H3. The van der Waals surface area contributed by atoms with Gasteiger partial charge in [0.1, 0.15) is 0 Å². The van der Waals surface area contributed by atoms with E-state index in [0.29, 0.717) is 0 Å². The molecule has 0 heterocycles. The summed E-state index contributed by atoms with van der Waals surface area (Å²) in [6.45, 7) is 1.84. The molecule has 1 atom stereocenters. The van der Waals surface area contributed by atoms with E-state index >= 15 is 0 Å². The van der Waals surface area contributed by atoms with Crippen LogP contribution in [-0.4, -0.2) is 0 Å². The molecule has 6 heteroatoms. The van der Waals surface area contributed by atoms with Crippen LogP contribution >= 0.6 is 15.9 Å². The summed E-state index contributed by atoms with van der Waals surface area (Å²) in [6, 6.07) is 7.08. The molecule has 0 N–H and O–H groups in total. The van der Waals surface area contributed by atoms with Gasteiger partial charge in [-0.3, -0.25) is 0 Å². The summed E-state index contributed by atoms with van der Waals surface area (Å²) in [4.78, 5) is -1.02. The van der Waals surface area contributed by atoms with E-state index in [9.17, 15) is 22.0 Å². The molecule has 0 aromatic heterocycles. The summed E-state index contributed by atoms with van der Waals surface area (Å²) in [7, 11) is 0. The number of halogens is 6. The van der Waals surface area contributed by atoms with Gasteiger partial charge in [-0.15, -0.1) is 0 Å². The Bertz CT molecular complexity index is 655. The predicted molar refractivity (Wildman–Crippen MR) is 72.8 cm³/mol. The van der Waals surface area contributed by atoms with E-state index in [1.165, 1.54) is 0 Å². The van der Waals surface area contributed by atoms with Crippen molar-refractivity contribution in [1.82, 2.24) is 0 Å². The van der Waals surface area contributed by atoms with Crippen molar-refractivity contribution >= 4 is 15.9 Å². The van der Waals surface area contributed by atoms with E-state index < -0.39 is 39.5 Å². The zero-order valence-corrected chi connectivity index (χ0v) is 12.4. The molecule has 0 bridgehead atoms. The van der Waals surface area contributed by atoms with Gasteiger partial charge in [-0.2, -0.15) is 0 Å². The summed E-state index contributed by atoms with van der Waals surface area (Å²) in [5.74, 6) is -9.62. The molecular weight excluding hydrogens is 355 g/mol. The van der Waals surface area contributed by atoms with E-state index in [-0.39, 0.29) is 6.42 Å². The maximum atomic E-state index is 13.7. The van der Waals surface area contributed by atoms with Crippen LogP contribution in [0.4, 0.5) is 22.0 Å². The van der Waals surface area contributed by atoms with Gasteiger partial charge in [-0.1, -0.05) is 45.8 Å². The van der Waals surface area contributed by atoms with E-state index in [1.807, 2.05) is 13.0 Å². The lowest BCUT2D eigenvalue weighted by atomic mass is 10.0. The molecule has 0 fully saturated rings. The van der Waals surface area contributed by atoms with Gasteiger partial charge in [0.05, 0.1) is 0 Å². The Kier molecular flexibility index (Phi) is 4.66. The summed E-state index contributed by atoms with van der Waals surface area (Å²) >= 11 is 3.01. The molecule has 0 saturated carbocycles. The van der Waals surface area contributed by atoms with Crippen LogP contribution in [0, 0.1) is 36.0 Å². The van der Waals surface area contributed by atoms with Gasteiger partial charge in [-0.05, 0) is 18.9 Å². The summed E-state index contributed by atoms with van der Waals surface area (Å²) < 4.78 is 66.7. The predicted octanol–water partition coefficient (Wildman–Crippen LogP) is 5.37. The molecule has 0 amide bonds. The SMILES string of the molecule is Cc1cccc(CC(Br)c2c(F)c(F)c(F)c(F)c2F)c1. The van der Waals surface area contributed by atoms with Crippen molar-refractivity contribution in [2.75, 3.05) is 0 Å². The van der Waals surface area contributed by atoms with Crippen LogP contribution in [0.3, 0.4) is 0 Å². The van der Waals surface area contributed by atoms with Gasteiger partial charge in [0.2, 0.25) is 5.82 Å². The Morgan fingerprint density at radius 3 is 1.95 bits per heavy atom. The number of rotatable bonds is 3. The van der Waals surface area contributed by atoms with Crippen molar-refractivity contribution < 1.29 is 22.0 Å². The molecule has 0 nitrogen and oxygen atoms in total. The first-order valence-electron chi connectivity index (χ1n) is 6.03. The van der Waals surface area contributed by atoms with Crippen LogP contribution < -0.4 is 0 Å². The van der Waals surface area contributed by atoms with Crippen molar-refractivity contribution in [3.63, 3.8) is 0 Å². The smallest absolute Gasteiger partial charge is 0.200 e. The number of aryl methyl sites for hydroxylation is 1. The minimum atomic E-state index is -2.15. The first-order chi connectivity index (χ1) is 9.82. The van der Waals surface area contributed by atoms with Gasteiger partial charge >= 0.3 is 0 Å². The van der Waals surface area contributed by atoms with Gasteiger partial charge in [-0.25, -0.2) is 22.0 Å². The maximum absolute atomic E-state index is 13.7. The van der Waals surface area contributed by atoms with Gasteiger partial charge in [0, 0.05) is 10.4 Å².